The molecule has 6 heteroatoms. The van der Waals surface area contributed by atoms with Crippen LogP contribution in [0.3, 0.4) is 0 Å². The molecule has 1 aliphatic carbocycles. The molecule has 3 rings (SSSR count). The van der Waals surface area contributed by atoms with Crippen LogP contribution in [0.1, 0.15) is 63.2 Å². The summed E-state index contributed by atoms with van der Waals surface area (Å²) in [4.78, 5) is 6.89. The summed E-state index contributed by atoms with van der Waals surface area (Å²) in [6.45, 7) is 4.78. The molecule has 2 fully saturated rings. The third kappa shape index (κ3) is 6.54. The van der Waals surface area contributed by atoms with Crippen molar-refractivity contribution in [3.05, 3.63) is 24.2 Å². The van der Waals surface area contributed by atoms with Crippen LogP contribution in [0.2, 0.25) is 0 Å². The summed E-state index contributed by atoms with van der Waals surface area (Å²) in [5.74, 6) is 1.88. The van der Waals surface area contributed by atoms with Crippen molar-refractivity contribution in [3.8, 4) is 0 Å². The zero-order chi connectivity index (χ0) is 18.7. The fraction of sp³-hybridized carbons (Fsp3) is 0.762. The Hall–Kier alpha value is -1.53. The monoisotopic (exact) mass is 376 g/mol. The van der Waals surface area contributed by atoms with Gasteiger partial charge in [0.1, 0.15) is 5.76 Å². The topological polar surface area (TPSA) is 62.0 Å². The largest absolute Gasteiger partial charge is 0.468 e. The predicted molar refractivity (Wildman–Crippen MR) is 109 cm³/mol. The molecule has 1 atom stereocenters. The highest BCUT2D eigenvalue weighted by atomic mass is 16.5. The molecule has 1 saturated carbocycles. The van der Waals surface area contributed by atoms with Gasteiger partial charge < -0.3 is 19.8 Å². The fourth-order valence-corrected chi connectivity index (χ4v) is 4.12. The van der Waals surface area contributed by atoms with E-state index in [4.69, 9.17) is 9.15 Å². The maximum atomic E-state index is 5.93. The minimum absolute atomic E-state index is 0.254. The van der Waals surface area contributed by atoms with Gasteiger partial charge in [0.2, 0.25) is 0 Å². The van der Waals surface area contributed by atoms with Crippen LogP contribution >= 0.6 is 0 Å². The van der Waals surface area contributed by atoms with Crippen LogP contribution < -0.4 is 10.6 Å². The Labute approximate surface area is 163 Å². The zero-order valence-corrected chi connectivity index (χ0v) is 16.8. The number of aliphatic imine (C=N–C) groups is 1. The first kappa shape index (κ1) is 20.2. The molecule has 2 heterocycles. The number of guanidine groups is 1. The summed E-state index contributed by atoms with van der Waals surface area (Å²) < 4.78 is 11.6. The van der Waals surface area contributed by atoms with Gasteiger partial charge in [-0.05, 0) is 57.3 Å². The van der Waals surface area contributed by atoms with E-state index >= 15 is 0 Å². The number of likely N-dealkylation sites (tertiary alicyclic amines) is 1. The summed E-state index contributed by atoms with van der Waals surface area (Å²) >= 11 is 0. The van der Waals surface area contributed by atoms with Gasteiger partial charge in [-0.1, -0.05) is 19.3 Å². The molecular weight excluding hydrogens is 340 g/mol. The Balaban J connectivity index is 1.39. The normalized spacial score (nSPS) is 20.7. The minimum atomic E-state index is 0.254. The Kier molecular flexibility index (Phi) is 8.49. The van der Waals surface area contributed by atoms with Gasteiger partial charge in [0.05, 0.1) is 18.4 Å². The van der Waals surface area contributed by atoms with E-state index in [1.165, 1.54) is 44.9 Å². The van der Waals surface area contributed by atoms with E-state index < -0.39 is 0 Å². The van der Waals surface area contributed by atoms with Crippen LogP contribution in [0.25, 0.3) is 0 Å². The number of rotatable bonds is 9. The molecule has 0 aromatic carbocycles. The van der Waals surface area contributed by atoms with Gasteiger partial charge in [-0.2, -0.15) is 0 Å². The van der Waals surface area contributed by atoms with Crippen molar-refractivity contribution in [2.45, 2.75) is 63.5 Å². The molecule has 1 unspecified atom stereocenters. The smallest absolute Gasteiger partial charge is 0.191 e. The number of furan rings is 1. The lowest BCUT2D eigenvalue weighted by atomic mass is 10.1. The van der Waals surface area contributed by atoms with Crippen molar-refractivity contribution in [1.29, 1.82) is 0 Å². The van der Waals surface area contributed by atoms with Crippen LogP contribution in [-0.2, 0) is 4.74 Å². The highest BCUT2D eigenvalue weighted by molar-refractivity contribution is 5.79. The first-order valence-electron chi connectivity index (χ1n) is 10.7. The van der Waals surface area contributed by atoms with Crippen molar-refractivity contribution < 1.29 is 9.15 Å². The molecule has 1 aromatic rings. The zero-order valence-electron chi connectivity index (χ0n) is 16.8. The SMILES string of the molecule is CN=C(NCCCOC1CCCC1)NCC(c1ccco1)N1CCCCC1. The molecule has 0 bridgehead atoms. The molecule has 1 saturated heterocycles. The molecule has 0 spiro atoms. The van der Waals surface area contributed by atoms with Gasteiger partial charge in [0, 0.05) is 26.7 Å². The number of nitrogens with one attached hydrogen (secondary N) is 2. The lowest BCUT2D eigenvalue weighted by Crippen LogP contribution is -2.44. The average Bonchev–Trinajstić information content (AvgIpc) is 3.41. The highest BCUT2D eigenvalue weighted by Gasteiger charge is 2.24. The molecule has 0 amide bonds. The summed E-state index contributed by atoms with van der Waals surface area (Å²) in [6.07, 6.45) is 12.3. The minimum Gasteiger partial charge on any atom is -0.468 e. The Morgan fingerprint density at radius 3 is 2.74 bits per heavy atom. The molecule has 2 N–H and O–H groups in total. The van der Waals surface area contributed by atoms with Crippen molar-refractivity contribution >= 4 is 5.96 Å². The molecule has 1 aromatic heterocycles. The number of piperidine rings is 1. The molecule has 0 radical (unpaired) electrons. The molecule has 27 heavy (non-hydrogen) atoms. The van der Waals surface area contributed by atoms with Gasteiger partial charge in [0.15, 0.2) is 5.96 Å². The van der Waals surface area contributed by atoms with E-state index in [-0.39, 0.29) is 6.04 Å². The summed E-state index contributed by atoms with van der Waals surface area (Å²) in [5, 5.41) is 6.89. The van der Waals surface area contributed by atoms with Crippen LogP contribution in [0.4, 0.5) is 0 Å². The standard InChI is InChI=1S/C21H36N4O2/c1-22-21(23-12-8-16-26-18-9-3-4-10-18)24-17-19(20-11-7-15-27-20)25-13-5-2-6-14-25/h7,11,15,18-19H,2-6,8-10,12-14,16-17H2,1H3,(H2,22,23,24). The third-order valence-corrected chi connectivity index (χ3v) is 5.66. The molecule has 152 valence electrons. The average molecular weight is 377 g/mol. The van der Waals surface area contributed by atoms with E-state index in [2.05, 4.69) is 26.6 Å². The quantitative estimate of drug-likeness (QED) is 0.393. The van der Waals surface area contributed by atoms with E-state index in [9.17, 15) is 0 Å². The third-order valence-electron chi connectivity index (χ3n) is 5.66. The number of hydrogen-bond donors (Lipinski definition) is 2. The van der Waals surface area contributed by atoms with Gasteiger partial charge in [-0.15, -0.1) is 0 Å². The summed E-state index contributed by atoms with van der Waals surface area (Å²) in [6, 6.07) is 4.31. The first-order chi connectivity index (χ1) is 13.4. The highest BCUT2D eigenvalue weighted by Crippen LogP contribution is 2.24. The Morgan fingerprint density at radius 2 is 2.04 bits per heavy atom. The Morgan fingerprint density at radius 1 is 1.22 bits per heavy atom. The molecule has 6 nitrogen and oxygen atoms in total. The van der Waals surface area contributed by atoms with Gasteiger partial charge >= 0.3 is 0 Å². The van der Waals surface area contributed by atoms with E-state index in [0.717, 1.165) is 50.9 Å². The first-order valence-corrected chi connectivity index (χ1v) is 10.7. The Bertz CT molecular complexity index is 534. The van der Waals surface area contributed by atoms with Crippen molar-refractivity contribution in [2.24, 2.45) is 4.99 Å². The summed E-state index contributed by atoms with van der Waals surface area (Å²) in [7, 11) is 1.83. The van der Waals surface area contributed by atoms with Crippen LogP contribution in [0.15, 0.2) is 27.8 Å². The van der Waals surface area contributed by atoms with Crippen LogP contribution in [-0.4, -0.2) is 56.8 Å². The summed E-state index contributed by atoms with van der Waals surface area (Å²) in [5.41, 5.74) is 0. The lowest BCUT2D eigenvalue weighted by Gasteiger charge is -2.33. The molecular formula is C21H36N4O2. The maximum Gasteiger partial charge on any atom is 0.191 e. The predicted octanol–water partition coefficient (Wildman–Crippen LogP) is 3.32. The van der Waals surface area contributed by atoms with E-state index in [1.54, 1.807) is 6.26 Å². The second-order valence-electron chi connectivity index (χ2n) is 7.64. The fourth-order valence-electron chi connectivity index (χ4n) is 4.12. The van der Waals surface area contributed by atoms with Crippen LogP contribution in [0, 0.1) is 0 Å². The number of ether oxygens (including phenoxy) is 1. The molecule has 2 aliphatic rings. The second kappa shape index (κ2) is 11.3. The van der Waals surface area contributed by atoms with Gasteiger partial charge in [-0.25, -0.2) is 0 Å². The van der Waals surface area contributed by atoms with Crippen LogP contribution in [0.5, 0.6) is 0 Å². The molecule has 1 aliphatic heterocycles. The number of nitrogens with zero attached hydrogens (tertiary/aromatic N) is 2. The lowest BCUT2D eigenvalue weighted by molar-refractivity contribution is 0.0574. The van der Waals surface area contributed by atoms with Crippen molar-refractivity contribution in [2.75, 3.05) is 39.8 Å². The van der Waals surface area contributed by atoms with E-state index in [1.807, 2.05) is 13.1 Å². The van der Waals surface area contributed by atoms with Gasteiger partial charge in [0.25, 0.3) is 0 Å². The second-order valence-corrected chi connectivity index (χ2v) is 7.64. The van der Waals surface area contributed by atoms with Crippen molar-refractivity contribution in [3.63, 3.8) is 0 Å². The van der Waals surface area contributed by atoms with E-state index in [0.29, 0.717) is 6.10 Å². The maximum absolute atomic E-state index is 5.93. The number of hydrogen-bond acceptors (Lipinski definition) is 4. The van der Waals surface area contributed by atoms with Crippen molar-refractivity contribution in [1.82, 2.24) is 15.5 Å². The van der Waals surface area contributed by atoms with Gasteiger partial charge in [-0.3, -0.25) is 9.89 Å².